The van der Waals surface area contributed by atoms with Crippen molar-refractivity contribution in [3.63, 3.8) is 0 Å². The van der Waals surface area contributed by atoms with E-state index in [9.17, 15) is 19.2 Å². The number of hydrazone groups is 1. The number of Topliss-reactive ketones (excluding diaryl/α,β-unsaturated/α-hetero) is 1. The third-order valence-corrected chi connectivity index (χ3v) is 4.69. The monoisotopic (exact) mass is 354 g/mol. The lowest BCUT2D eigenvalue weighted by molar-refractivity contribution is -0.130. The summed E-state index contributed by atoms with van der Waals surface area (Å²) in [6.07, 6.45) is 0.669. The molecule has 1 aliphatic heterocycles. The number of rotatable bonds is 5. The molecule has 0 fully saturated rings. The third-order valence-electron chi connectivity index (χ3n) is 3.65. The number of fused-ring (bicyclic) bond motifs is 1. The lowest BCUT2D eigenvalue weighted by Gasteiger charge is -2.24. The number of ketones is 2. The Hall–Kier alpha value is -2.36. The zero-order chi connectivity index (χ0) is 17.9. The fourth-order valence-corrected chi connectivity index (χ4v) is 3.40. The predicted molar refractivity (Wildman–Crippen MR) is 87.5 cm³/mol. The van der Waals surface area contributed by atoms with E-state index in [0.29, 0.717) is 5.75 Å². The van der Waals surface area contributed by atoms with Crippen molar-refractivity contribution in [2.45, 2.75) is 6.04 Å². The first-order valence-electron chi connectivity index (χ1n) is 7.18. The van der Waals surface area contributed by atoms with Crippen LogP contribution in [0, 0.1) is 5.92 Å². The van der Waals surface area contributed by atoms with Gasteiger partial charge in [0.05, 0.1) is 12.0 Å². The van der Waals surface area contributed by atoms with Gasteiger partial charge in [-0.05, 0) is 0 Å². The summed E-state index contributed by atoms with van der Waals surface area (Å²) < 4.78 is 4.44. The van der Waals surface area contributed by atoms with E-state index in [0.717, 1.165) is 11.8 Å². The molecule has 9 nitrogen and oxygen atoms in total. The zero-order valence-electron chi connectivity index (χ0n) is 13.5. The summed E-state index contributed by atoms with van der Waals surface area (Å²) in [6, 6.07) is -0.834. The highest BCUT2D eigenvalue weighted by molar-refractivity contribution is 8.04. The molecule has 2 aliphatic rings. The summed E-state index contributed by atoms with van der Waals surface area (Å²) in [5.41, 5.74) is 0.0909. The van der Waals surface area contributed by atoms with Crippen molar-refractivity contribution in [1.82, 2.24) is 15.6 Å². The number of carbonyl (C=O) groups excluding carboxylic acids is 4. The Morgan fingerprint density at radius 3 is 2.75 bits per heavy atom. The van der Waals surface area contributed by atoms with Gasteiger partial charge in [-0.3, -0.25) is 19.4 Å². The van der Waals surface area contributed by atoms with Crippen LogP contribution in [0.4, 0.5) is 4.79 Å². The Kier molecular flexibility index (Phi) is 5.60. The first-order valence-corrected chi connectivity index (χ1v) is 8.17. The van der Waals surface area contributed by atoms with Crippen LogP contribution in [0.3, 0.4) is 0 Å². The van der Waals surface area contributed by atoms with E-state index in [1.165, 1.54) is 25.2 Å². The summed E-state index contributed by atoms with van der Waals surface area (Å²) >= 11 is 1.15. The van der Waals surface area contributed by atoms with Crippen molar-refractivity contribution in [2.75, 3.05) is 33.5 Å². The third kappa shape index (κ3) is 3.42. The number of amides is 2. The van der Waals surface area contributed by atoms with Crippen LogP contribution in [-0.2, 0) is 19.1 Å². The van der Waals surface area contributed by atoms with E-state index in [2.05, 4.69) is 20.5 Å². The highest BCUT2D eigenvalue weighted by Crippen LogP contribution is 2.32. The van der Waals surface area contributed by atoms with Crippen LogP contribution in [0.1, 0.15) is 0 Å². The average Bonchev–Trinajstić information content (AvgIpc) is 2.92. The van der Waals surface area contributed by atoms with Crippen LogP contribution in [-0.4, -0.2) is 73.8 Å². The van der Waals surface area contributed by atoms with Gasteiger partial charge >= 0.3 is 6.09 Å². The smallest absolute Gasteiger partial charge is 0.406 e. The number of methoxy groups -OCH3 is 1. The van der Waals surface area contributed by atoms with E-state index in [-0.39, 0.29) is 34.6 Å². The fourth-order valence-electron chi connectivity index (χ4n) is 2.52. The van der Waals surface area contributed by atoms with Crippen LogP contribution in [0.15, 0.2) is 16.1 Å². The molecule has 2 atom stereocenters. The number of nitrogens with zero attached hydrogens (tertiary/aromatic N) is 2. The highest BCUT2D eigenvalue weighted by atomic mass is 32.2. The highest BCUT2D eigenvalue weighted by Gasteiger charge is 2.49. The largest absolute Gasteiger partial charge is 0.453 e. The molecule has 2 unspecified atom stereocenters. The van der Waals surface area contributed by atoms with E-state index in [1.54, 1.807) is 7.05 Å². The number of thioether (sulfide) groups is 1. The maximum Gasteiger partial charge on any atom is 0.406 e. The normalized spacial score (nSPS) is 22.5. The topological polar surface area (TPSA) is 117 Å². The molecule has 0 saturated carbocycles. The molecular formula is C14H18N4O5S. The number of nitrogens with one attached hydrogen (secondary N) is 2. The van der Waals surface area contributed by atoms with Gasteiger partial charge in [-0.2, -0.15) is 5.10 Å². The number of ether oxygens (including phenoxy) is 1. The van der Waals surface area contributed by atoms with Gasteiger partial charge in [0.1, 0.15) is 17.7 Å². The maximum absolute atomic E-state index is 12.7. The van der Waals surface area contributed by atoms with Crippen LogP contribution < -0.4 is 10.6 Å². The van der Waals surface area contributed by atoms with E-state index in [1.807, 2.05) is 0 Å². The van der Waals surface area contributed by atoms with Crippen molar-refractivity contribution >= 4 is 41.0 Å². The Morgan fingerprint density at radius 2 is 2.12 bits per heavy atom. The van der Waals surface area contributed by atoms with Crippen molar-refractivity contribution in [1.29, 1.82) is 0 Å². The molecule has 0 aromatic heterocycles. The SMILES string of the molecule is CNC(=O)C1C2C(=O)C(SCCNC(=O)OC)=CC(=O)C2=NN1C. The van der Waals surface area contributed by atoms with Crippen molar-refractivity contribution < 1.29 is 23.9 Å². The quantitative estimate of drug-likeness (QED) is 0.617. The van der Waals surface area contributed by atoms with Crippen molar-refractivity contribution in [3.8, 4) is 0 Å². The van der Waals surface area contributed by atoms with Gasteiger partial charge in [0, 0.05) is 32.5 Å². The molecule has 2 amide bonds. The first-order chi connectivity index (χ1) is 11.4. The van der Waals surface area contributed by atoms with Gasteiger partial charge in [0.2, 0.25) is 11.7 Å². The van der Waals surface area contributed by atoms with Gasteiger partial charge < -0.3 is 15.4 Å². The molecule has 2 N–H and O–H groups in total. The van der Waals surface area contributed by atoms with Gasteiger partial charge in [0.15, 0.2) is 5.78 Å². The molecule has 24 heavy (non-hydrogen) atoms. The summed E-state index contributed by atoms with van der Waals surface area (Å²) in [4.78, 5) is 48.1. The Bertz CT molecular complexity index is 645. The summed E-state index contributed by atoms with van der Waals surface area (Å²) in [7, 11) is 4.27. The minimum absolute atomic E-state index is 0.0909. The van der Waals surface area contributed by atoms with Gasteiger partial charge in [-0.25, -0.2) is 4.79 Å². The molecule has 1 heterocycles. The summed E-state index contributed by atoms with van der Waals surface area (Å²) in [6.45, 7) is 0.278. The van der Waals surface area contributed by atoms with Crippen LogP contribution in [0.2, 0.25) is 0 Å². The van der Waals surface area contributed by atoms with Crippen LogP contribution >= 0.6 is 11.8 Å². The maximum atomic E-state index is 12.7. The molecule has 2 rings (SSSR count). The van der Waals surface area contributed by atoms with Crippen LogP contribution in [0.25, 0.3) is 0 Å². The van der Waals surface area contributed by atoms with Crippen molar-refractivity contribution in [3.05, 3.63) is 11.0 Å². The average molecular weight is 354 g/mol. The lowest BCUT2D eigenvalue weighted by Crippen LogP contribution is -2.49. The minimum Gasteiger partial charge on any atom is -0.453 e. The number of allylic oxidation sites excluding steroid dienone is 2. The molecule has 0 aromatic carbocycles. The molecule has 130 valence electrons. The first kappa shape index (κ1) is 18.0. The number of hydrogen-bond donors (Lipinski definition) is 2. The van der Waals surface area contributed by atoms with E-state index < -0.39 is 18.1 Å². The molecule has 1 aliphatic carbocycles. The Morgan fingerprint density at radius 1 is 1.42 bits per heavy atom. The number of likely N-dealkylation sites (N-methyl/N-ethyl adjacent to an activating group) is 2. The standard InChI is InChI=1S/C14H18N4O5S/c1-15-13(21)11-9-10(17-18(11)2)7(19)6-8(12(9)20)24-5-4-16-14(22)23-3/h6,9,11H,4-5H2,1-3H3,(H,15,21)(H,16,22). The number of hydrogen-bond acceptors (Lipinski definition) is 8. The minimum atomic E-state index is -0.900. The molecule has 0 radical (unpaired) electrons. The van der Waals surface area contributed by atoms with E-state index in [4.69, 9.17) is 0 Å². The Labute approximate surface area is 142 Å². The molecule has 0 spiro atoms. The molecule has 10 heteroatoms. The van der Waals surface area contributed by atoms with Gasteiger partial charge in [0.25, 0.3) is 0 Å². The lowest BCUT2D eigenvalue weighted by atomic mass is 9.84. The molecule has 0 bridgehead atoms. The second kappa shape index (κ2) is 7.47. The molecular weight excluding hydrogens is 336 g/mol. The van der Waals surface area contributed by atoms with Crippen LogP contribution in [0.5, 0.6) is 0 Å². The summed E-state index contributed by atoms with van der Waals surface area (Å²) in [5.74, 6) is -1.57. The molecule has 0 aromatic rings. The zero-order valence-corrected chi connectivity index (χ0v) is 14.3. The fraction of sp³-hybridized carbons (Fsp3) is 0.500. The number of carbonyl (C=O) groups is 4. The second-order valence-electron chi connectivity index (χ2n) is 5.10. The second-order valence-corrected chi connectivity index (χ2v) is 6.24. The van der Waals surface area contributed by atoms with Gasteiger partial charge in [-0.15, -0.1) is 11.8 Å². The Balaban J connectivity index is 2.09. The number of alkyl carbamates (subject to hydrolysis) is 1. The summed E-state index contributed by atoms with van der Waals surface area (Å²) in [5, 5.41) is 10.4. The van der Waals surface area contributed by atoms with Crippen molar-refractivity contribution in [2.24, 2.45) is 11.0 Å². The molecule has 0 saturated heterocycles. The predicted octanol–water partition coefficient (Wildman–Crippen LogP) is -0.856. The van der Waals surface area contributed by atoms with Gasteiger partial charge in [-0.1, -0.05) is 0 Å². The van der Waals surface area contributed by atoms with E-state index >= 15 is 0 Å².